The Morgan fingerprint density at radius 1 is 0.500 bits per heavy atom. The fraction of sp³-hybridized carbons (Fsp3) is 0.172. The molecule has 5 nitrogen and oxygen atoms in total. The maximum absolute atomic E-state index is 10.9. The van der Waals surface area contributed by atoms with Gasteiger partial charge in [0.2, 0.25) is 0 Å². The number of aliphatic hydroxyl groups excluding tert-OH is 1. The fourth-order valence-electron chi connectivity index (χ4n) is 3.86. The summed E-state index contributed by atoms with van der Waals surface area (Å²) < 4.78 is 10.5. The minimum atomic E-state index is -0.694. The maximum atomic E-state index is 10.9. The van der Waals surface area contributed by atoms with Crippen molar-refractivity contribution in [3.8, 4) is 11.5 Å². The molecule has 0 saturated carbocycles. The molecule has 0 atom stereocenters. The van der Waals surface area contributed by atoms with E-state index < -0.39 is 6.10 Å². The molecule has 0 aliphatic carbocycles. The average Bonchev–Trinajstić information content (AvgIpc) is 2.92. The normalized spacial score (nSPS) is 10.8. The first-order chi connectivity index (χ1) is 16.5. The Labute approximate surface area is 201 Å². The van der Waals surface area contributed by atoms with Crippen LogP contribution >= 0.6 is 0 Å². The van der Waals surface area contributed by atoms with Crippen LogP contribution in [0.3, 0.4) is 0 Å². The second kappa shape index (κ2) is 10.3. The molecule has 0 fully saturated rings. The van der Waals surface area contributed by atoms with E-state index in [1.165, 1.54) is 0 Å². The van der Waals surface area contributed by atoms with E-state index in [0.717, 1.165) is 45.4 Å². The molecular weight excluding hydrogens is 424 g/mol. The summed E-state index contributed by atoms with van der Waals surface area (Å²) in [6, 6.07) is 31.8. The summed E-state index contributed by atoms with van der Waals surface area (Å²) in [5, 5.41) is 10.9. The average molecular weight is 455 g/mol. The van der Waals surface area contributed by atoms with Crippen LogP contribution in [0.2, 0.25) is 0 Å². The van der Waals surface area contributed by atoms with E-state index in [0.29, 0.717) is 0 Å². The summed E-state index contributed by atoms with van der Waals surface area (Å²) in [6.07, 6.45) is -0.694. The fourth-order valence-corrected chi connectivity index (χ4v) is 3.86. The van der Waals surface area contributed by atoms with E-state index in [2.05, 4.69) is 9.80 Å². The lowest BCUT2D eigenvalue weighted by Crippen LogP contribution is -2.10. The first-order valence-corrected chi connectivity index (χ1v) is 11.1. The number of nitrogens with zero attached hydrogens (tertiary/aromatic N) is 2. The SMILES string of the molecule is COc1ccc(N(C)c2ccc(C(O)c3ccc(N(C)c4ccc(OC)cc4)cc3)cc2)cc1. The molecule has 0 bridgehead atoms. The van der Waals surface area contributed by atoms with Crippen molar-refractivity contribution < 1.29 is 14.6 Å². The van der Waals surface area contributed by atoms with E-state index in [4.69, 9.17) is 9.47 Å². The number of ether oxygens (including phenoxy) is 2. The molecule has 4 aromatic carbocycles. The molecule has 4 rings (SSSR count). The lowest BCUT2D eigenvalue weighted by atomic mass is 10.0. The zero-order chi connectivity index (χ0) is 24.1. The van der Waals surface area contributed by atoms with Crippen molar-refractivity contribution in [3.63, 3.8) is 0 Å². The van der Waals surface area contributed by atoms with Gasteiger partial charge in [-0.3, -0.25) is 0 Å². The van der Waals surface area contributed by atoms with Gasteiger partial charge in [-0.2, -0.15) is 0 Å². The molecule has 0 spiro atoms. The van der Waals surface area contributed by atoms with Crippen LogP contribution in [0.25, 0.3) is 0 Å². The number of aliphatic hydroxyl groups is 1. The molecule has 4 aromatic rings. The van der Waals surface area contributed by atoms with Gasteiger partial charge in [0.1, 0.15) is 17.6 Å². The number of hydrogen-bond acceptors (Lipinski definition) is 5. The third-order valence-corrected chi connectivity index (χ3v) is 6.11. The van der Waals surface area contributed by atoms with Gasteiger partial charge in [0, 0.05) is 36.8 Å². The molecule has 0 aliphatic rings. The van der Waals surface area contributed by atoms with Gasteiger partial charge in [0.25, 0.3) is 0 Å². The highest BCUT2D eigenvalue weighted by Gasteiger charge is 2.13. The number of methoxy groups -OCH3 is 2. The Balaban J connectivity index is 1.45. The summed E-state index contributed by atoms with van der Waals surface area (Å²) in [5.74, 6) is 1.66. The van der Waals surface area contributed by atoms with Crippen molar-refractivity contribution in [2.24, 2.45) is 0 Å². The van der Waals surface area contributed by atoms with Crippen molar-refractivity contribution in [2.75, 3.05) is 38.1 Å². The predicted octanol–water partition coefficient (Wildman–Crippen LogP) is 6.32. The Morgan fingerprint density at radius 3 is 1.03 bits per heavy atom. The van der Waals surface area contributed by atoms with Crippen molar-refractivity contribution in [1.82, 2.24) is 0 Å². The molecule has 174 valence electrons. The van der Waals surface area contributed by atoms with Crippen molar-refractivity contribution >= 4 is 22.7 Å². The molecule has 0 unspecified atom stereocenters. The van der Waals surface area contributed by atoms with Gasteiger partial charge in [-0.15, -0.1) is 0 Å². The number of rotatable bonds is 8. The van der Waals surface area contributed by atoms with Crippen LogP contribution in [0.15, 0.2) is 97.1 Å². The second-order valence-corrected chi connectivity index (χ2v) is 8.10. The molecule has 0 aromatic heterocycles. The van der Waals surface area contributed by atoms with Gasteiger partial charge in [-0.1, -0.05) is 24.3 Å². The quantitative estimate of drug-likeness (QED) is 0.337. The Kier molecular flexibility index (Phi) is 7.04. The Bertz CT molecular complexity index is 1090. The van der Waals surface area contributed by atoms with Gasteiger partial charge in [-0.05, 0) is 83.9 Å². The first-order valence-electron chi connectivity index (χ1n) is 11.1. The van der Waals surface area contributed by atoms with E-state index in [-0.39, 0.29) is 0 Å². The Hall–Kier alpha value is -3.96. The summed E-state index contributed by atoms with van der Waals surface area (Å²) in [7, 11) is 7.36. The molecule has 34 heavy (non-hydrogen) atoms. The number of hydrogen-bond donors (Lipinski definition) is 1. The van der Waals surface area contributed by atoms with Gasteiger partial charge < -0.3 is 24.4 Å². The first kappa shape index (κ1) is 23.2. The van der Waals surface area contributed by atoms with Crippen LogP contribution in [0.1, 0.15) is 17.2 Å². The standard InChI is InChI=1S/C29H30N2O3/c1-30(25-13-17-27(33-3)18-14-25)23-9-5-21(6-10-23)29(32)22-7-11-24(12-8-22)31(2)26-15-19-28(34-4)20-16-26/h5-20,29,32H,1-4H3. The van der Waals surface area contributed by atoms with Crippen LogP contribution in [0.5, 0.6) is 11.5 Å². The highest BCUT2D eigenvalue weighted by Crippen LogP contribution is 2.31. The smallest absolute Gasteiger partial charge is 0.119 e. The van der Waals surface area contributed by atoms with Crippen molar-refractivity contribution in [3.05, 3.63) is 108 Å². The highest BCUT2D eigenvalue weighted by molar-refractivity contribution is 5.65. The molecule has 1 N–H and O–H groups in total. The lowest BCUT2D eigenvalue weighted by Gasteiger charge is -2.22. The number of anilines is 4. The van der Waals surface area contributed by atoms with Gasteiger partial charge in [0.15, 0.2) is 0 Å². The van der Waals surface area contributed by atoms with E-state index in [1.807, 2.05) is 111 Å². The van der Waals surface area contributed by atoms with E-state index in [1.54, 1.807) is 14.2 Å². The van der Waals surface area contributed by atoms with Crippen LogP contribution in [-0.2, 0) is 0 Å². The third kappa shape index (κ3) is 5.00. The second-order valence-electron chi connectivity index (χ2n) is 8.10. The van der Waals surface area contributed by atoms with Gasteiger partial charge in [-0.25, -0.2) is 0 Å². The van der Waals surface area contributed by atoms with E-state index in [9.17, 15) is 5.11 Å². The predicted molar refractivity (Wildman–Crippen MR) is 139 cm³/mol. The molecule has 0 heterocycles. The van der Waals surface area contributed by atoms with Crippen molar-refractivity contribution in [2.45, 2.75) is 6.10 Å². The monoisotopic (exact) mass is 454 g/mol. The van der Waals surface area contributed by atoms with Crippen LogP contribution in [0, 0.1) is 0 Å². The third-order valence-electron chi connectivity index (χ3n) is 6.11. The molecular formula is C29H30N2O3. The summed E-state index contributed by atoms with van der Waals surface area (Å²) in [5.41, 5.74) is 5.90. The topological polar surface area (TPSA) is 45.2 Å². The molecule has 0 amide bonds. The Morgan fingerprint density at radius 2 is 0.765 bits per heavy atom. The zero-order valence-electron chi connectivity index (χ0n) is 20.0. The van der Waals surface area contributed by atoms with Crippen LogP contribution in [-0.4, -0.2) is 33.4 Å². The molecule has 0 aliphatic heterocycles. The lowest BCUT2D eigenvalue weighted by molar-refractivity contribution is 0.220. The summed E-state index contributed by atoms with van der Waals surface area (Å²) in [4.78, 5) is 4.19. The maximum Gasteiger partial charge on any atom is 0.119 e. The van der Waals surface area contributed by atoms with Gasteiger partial charge in [0.05, 0.1) is 14.2 Å². The van der Waals surface area contributed by atoms with Crippen LogP contribution < -0.4 is 19.3 Å². The molecule has 5 heteroatoms. The number of benzene rings is 4. The van der Waals surface area contributed by atoms with Crippen molar-refractivity contribution in [1.29, 1.82) is 0 Å². The highest BCUT2D eigenvalue weighted by atomic mass is 16.5. The largest absolute Gasteiger partial charge is 0.497 e. The summed E-state index contributed by atoms with van der Waals surface area (Å²) in [6.45, 7) is 0. The van der Waals surface area contributed by atoms with Crippen LogP contribution in [0.4, 0.5) is 22.7 Å². The minimum Gasteiger partial charge on any atom is -0.497 e. The molecule has 0 radical (unpaired) electrons. The van der Waals surface area contributed by atoms with Gasteiger partial charge >= 0.3 is 0 Å². The molecule has 0 saturated heterocycles. The summed E-state index contributed by atoms with van der Waals surface area (Å²) >= 11 is 0. The van der Waals surface area contributed by atoms with E-state index >= 15 is 0 Å². The minimum absolute atomic E-state index is 0.694. The zero-order valence-corrected chi connectivity index (χ0v) is 20.0.